The summed E-state index contributed by atoms with van der Waals surface area (Å²) < 4.78 is 34.7. The maximum absolute atomic E-state index is 12.4. The van der Waals surface area contributed by atoms with Crippen molar-refractivity contribution in [1.82, 2.24) is 10.6 Å². The van der Waals surface area contributed by atoms with E-state index in [-0.39, 0.29) is 5.75 Å². The van der Waals surface area contributed by atoms with Crippen molar-refractivity contribution in [3.8, 4) is 11.5 Å². The fourth-order valence-electron chi connectivity index (χ4n) is 2.77. The summed E-state index contributed by atoms with van der Waals surface area (Å²) >= 11 is 0. The molecule has 1 aromatic carbocycles. The quantitative estimate of drug-likeness (QED) is 0.590. The number of guanidine groups is 1. The average Bonchev–Trinajstić information content (AvgIpc) is 3.06. The number of hydrogen-bond donors (Lipinski definition) is 2. The number of nitrogens with one attached hydrogen (secondary N) is 2. The van der Waals surface area contributed by atoms with Gasteiger partial charge in [0, 0.05) is 19.6 Å². The lowest BCUT2D eigenvalue weighted by Crippen LogP contribution is -2.41. The van der Waals surface area contributed by atoms with E-state index in [2.05, 4.69) is 20.4 Å². The van der Waals surface area contributed by atoms with Crippen LogP contribution < -0.4 is 20.1 Å². The van der Waals surface area contributed by atoms with Gasteiger partial charge in [0.1, 0.15) is 0 Å². The fraction of sp³-hybridized carbons (Fsp3) is 0.588. The lowest BCUT2D eigenvalue weighted by atomic mass is 10.2. The van der Waals surface area contributed by atoms with Crippen molar-refractivity contribution in [2.24, 2.45) is 4.99 Å². The first-order valence-electron chi connectivity index (χ1n) is 8.30. The Balaban J connectivity index is 1.96. The Labute approximate surface area is 141 Å². The smallest absolute Gasteiger partial charge is 0.387 e. The van der Waals surface area contributed by atoms with Crippen molar-refractivity contribution in [2.45, 2.75) is 51.8 Å². The molecule has 0 aromatic heterocycles. The molecule has 0 saturated heterocycles. The first kappa shape index (κ1) is 18.3. The van der Waals surface area contributed by atoms with E-state index in [1.165, 1.54) is 18.9 Å². The summed E-state index contributed by atoms with van der Waals surface area (Å²) in [7, 11) is 1.73. The number of alkyl halides is 2. The number of halogens is 2. The molecule has 2 rings (SSSR count). The van der Waals surface area contributed by atoms with Crippen molar-refractivity contribution < 1.29 is 18.3 Å². The van der Waals surface area contributed by atoms with Crippen LogP contribution in [0.25, 0.3) is 0 Å². The van der Waals surface area contributed by atoms with Crippen LogP contribution in [-0.4, -0.2) is 32.3 Å². The standard InChI is InChI=1S/C17H25F2N3O2/c1-3-23-15-10-12(8-9-14(15)24-16(18)19)11-21-17(20-2)22-13-6-4-5-7-13/h8-10,13,16H,3-7,11H2,1-2H3,(H2,20,21,22). The molecule has 7 heteroatoms. The highest BCUT2D eigenvalue weighted by molar-refractivity contribution is 5.80. The van der Waals surface area contributed by atoms with E-state index in [4.69, 9.17) is 4.74 Å². The fourth-order valence-corrected chi connectivity index (χ4v) is 2.77. The Bertz CT molecular complexity index is 547. The summed E-state index contributed by atoms with van der Waals surface area (Å²) in [5.74, 6) is 1.10. The Morgan fingerprint density at radius 1 is 1.29 bits per heavy atom. The maximum atomic E-state index is 12.4. The molecule has 1 fully saturated rings. The molecule has 0 spiro atoms. The van der Waals surface area contributed by atoms with Crippen LogP contribution in [0.15, 0.2) is 23.2 Å². The summed E-state index contributed by atoms with van der Waals surface area (Å²) in [4.78, 5) is 4.22. The van der Waals surface area contributed by atoms with Gasteiger partial charge in [-0.1, -0.05) is 18.9 Å². The number of ether oxygens (including phenoxy) is 2. The number of nitrogens with zero attached hydrogens (tertiary/aromatic N) is 1. The van der Waals surface area contributed by atoms with Crippen LogP contribution in [0.3, 0.4) is 0 Å². The predicted molar refractivity (Wildman–Crippen MR) is 89.8 cm³/mol. The molecule has 5 nitrogen and oxygen atoms in total. The SMILES string of the molecule is CCOc1cc(CNC(=NC)NC2CCCC2)ccc1OC(F)F. The normalized spacial score (nSPS) is 15.6. The summed E-state index contributed by atoms with van der Waals surface area (Å²) in [6.07, 6.45) is 4.82. The van der Waals surface area contributed by atoms with Crippen molar-refractivity contribution in [3.05, 3.63) is 23.8 Å². The van der Waals surface area contributed by atoms with Crippen molar-refractivity contribution in [1.29, 1.82) is 0 Å². The summed E-state index contributed by atoms with van der Waals surface area (Å²) in [6, 6.07) is 5.41. The molecule has 0 radical (unpaired) electrons. The van der Waals surface area contributed by atoms with Crippen molar-refractivity contribution in [2.75, 3.05) is 13.7 Å². The topological polar surface area (TPSA) is 54.9 Å². The molecule has 1 aromatic rings. The second-order valence-corrected chi connectivity index (χ2v) is 5.64. The van der Waals surface area contributed by atoms with E-state index in [0.717, 1.165) is 24.4 Å². The van der Waals surface area contributed by atoms with Gasteiger partial charge in [0.15, 0.2) is 17.5 Å². The predicted octanol–water partition coefficient (Wildman–Crippen LogP) is 3.29. The van der Waals surface area contributed by atoms with E-state index in [9.17, 15) is 8.78 Å². The minimum Gasteiger partial charge on any atom is -0.490 e. The Kier molecular flexibility index (Phi) is 7.08. The number of rotatable bonds is 7. The van der Waals surface area contributed by atoms with E-state index < -0.39 is 6.61 Å². The number of hydrogen-bond acceptors (Lipinski definition) is 3. The van der Waals surface area contributed by atoms with Crippen LogP contribution in [-0.2, 0) is 6.54 Å². The Morgan fingerprint density at radius 3 is 2.67 bits per heavy atom. The molecule has 134 valence electrons. The molecule has 0 atom stereocenters. The zero-order valence-corrected chi connectivity index (χ0v) is 14.1. The largest absolute Gasteiger partial charge is 0.490 e. The molecule has 0 unspecified atom stereocenters. The van der Waals surface area contributed by atoms with Crippen LogP contribution in [0.5, 0.6) is 11.5 Å². The van der Waals surface area contributed by atoms with Gasteiger partial charge in [-0.3, -0.25) is 4.99 Å². The van der Waals surface area contributed by atoms with Gasteiger partial charge in [-0.05, 0) is 37.5 Å². The van der Waals surface area contributed by atoms with Gasteiger partial charge >= 0.3 is 6.61 Å². The number of benzene rings is 1. The van der Waals surface area contributed by atoms with E-state index in [0.29, 0.717) is 24.9 Å². The summed E-state index contributed by atoms with van der Waals surface area (Å²) in [5.41, 5.74) is 0.898. The maximum Gasteiger partial charge on any atom is 0.387 e. The third kappa shape index (κ3) is 5.54. The molecular formula is C17H25F2N3O2. The second kappa shape index (κ2) is 9.30. The first-order chi connectivity index (χ1) is 11.6. The van der Waals surface area contributed by atoms with Gasteiger partial charge in [0.2, 0.25) is 0 Å². The van der Waals surface area contributed by atoms with Crippen LogP contribution in [0, 0.1) is 0 Å². The molecule has 0 amide bonds. The zero-order valence-electron chi connectivity index (χ0n) is 14.1. The first-order valence-corrected chi connectivity index (χ1v) is 8.30. The molecule has 1 aliphatic carbocycles. The van der Waals surface area contributed by atoms with E-state index in [1.807, 2.05) is 0 Å². The Morgan fingerprint density at radius 2 is 2.04 bits per heavy atom. The minimum atomic E-state index is -2.87. The molecule has 1 saturated carbocycles. The third-order valence-corrected chi connectivity index (χ3v) is 3.90. The van der Waals surface area contributed by atoms with Gasteiger partial charge in [-0.15, -0.1) is 0 Å². The number of aliphatic imine (C=N–C) groups is 1. The highest BCUT2D eigenvalue weighted by atomic mass is 19.3. The van der Waals surface area contributed by atoms with Gasteiger partial charge < -0.3 is 20.1 Å². The molecule has 0 aliphatic heterocycles. The molecule has 0 heterocycles. The highest BCUT2D eigenvalue weighted by Gasteiger charge is 2.16. The van der Waals surface area contributed by atoms with Gasteiger partial charge in [0.05, 0.1) is 6.61 Å². The lowest BCUT2D eigenvalue weighted by Gasteiger charge is -2.17. The van der Waals surface area contributed by atoms with Crippen LogP contribution in [0.2, 0.25) is 0 Å². The summed E-state index contributed by atoms with van der Waals surface area (Å²) in [6.45, 7) is -0.185. The molecular weight excluding hydrogens is 316 g/mol. The van der Waals surface area contributed by atoms with Crippen molar-refractivity contribution >= 4 is 5.96 Å². The molecule has 1 aliphatic rings. The van der Waals surface area contributed by atoms with Gasteiger partial charge in [-0.2, -0.15) is 8.78 Å². The van der Waals surface area contributed by atoms with Crippen molar-refractivity contribution in [3.63, 3.8) is 0 Å². The summed E-state index contributed by atoms with van der Waals surface area (Å²) in [5, 5.41) is 6.63. The van der Waals surface area contributed by atoms with Gasteiger partial charge in [-0.25, -0.2) is 0 Å². The van der Waals surface area contributed by atoms with Crippen LogP contribution in [0.4, 0.5) is 8.78 Å². The monoisotopic (exact) mass is 341 g/mol. The second-order valence-electron chi connectivity index (χ2n) is 5.64. The van der Waals surface area contributed by atoms with Gasteiger partial charge in [0.25, 0.3) is 0 Å². The third-order valence-electron chi connectivity index (χ3n) is 3.90. The molecule has 24 heavy (non-hydrogen) atoms. The van der Waals surface area contributed by atoms with E-state index >= 15 is 0 Å². The Hall–Kier alpha value is -2.05. The minimum absolute atomic E-state index is 0.0454. The average molecular weight is 341 g/mol. The lowest BCUT2D eigenvalue weighted by molar-refractivity contribution is -0.0514. The molecule has 2 N–H and O–H groups in total. The van der Waals surface area contributed by atoms with E-state index in [1.54, 1.807) is 26.1 Å². The zero-order chi connectivity index (χ0) is 17.4. The molecule has 0 bridgehead atoms. The van der Waals surface area contributed by atoms with Crippen LogP contribution in [0.1, 0.15) is 38.2 Å². The highest BCUT2D eigenvalue weighted by Crippen LogP contribution is 2.29. The van der Waals surface area contributed by atoms with Crippen LogP contribution >= 0.6 is 0 Å².